The van der Waals surface area contributed by atoms with Gasteiger partial charge < -0.3 is 0 Å². The fraction of sp³-hybridized carbons (Fsp3) is 0.400. The van der Waals surface area contributed by atoms with Gasteiger partial charge in [0.1, 0.15) is 0 Å². The van der Waals surface area contributed by atoms with E-state index in [9.17, 15) is 10.1 Å². The van der Waals surface area contributed by atoms with E-state index in [2.05, 4.69) is 15.9 Å². The van der Waals surface area contributed by atoms with Gasteiger partial charge in [-0.1, -0.05) is 35.0 Å². The Morgan fingerprint density at radius 2 is 2.00 bits per heavy atom. The molecule has 0 saturated heterocycles. The molecule has 1 aromatic rings. The van der Waals surface area contributed by atoms with Gasteiger partial charge in [-0.25, -0.2) is 0 Å². The Hall–Kier alpha value is -0.900. The average molecular weight is 258 g/mol. The lowest BCUT2D eigenvalue weighted by atomic mass is 9.97. The molecule has 0 fully saturated rings. The molecule has 76 valence electrons. The van der Waals surface area contributed by atoms with Crippen LogP contribution in [0.1, 0.15) is 24.8 Å². The summed E-state index contributed by atoms with van der Waals surface area (Å²) in [6.07, 6.45) is 0.794. The molecule has 0 saturated carbocycles. The molecule has 1 atom stereocenters. The molecule has 4 heteroatoms. The molecule has 0 aliphatic carbocycles. The monoisotopic (exact) mass is 257 g/mol. The molecule has 3 nitrogen and oxygen atoms in total. The van der Waals surface area contributed by atoms with Crippen LogP contribution in [-0.2, 0) is 0 Å². The summed E-state index contributed by atoms with van der Waals surface area (Å²) < 4.78 is 0.997. The van der Waals surface area contributed by atoms with Gasteiger partial charge in [0.05, 0.1) is 0 Å². The predicted molar refractivity (Wildman–Crippen MR) is 59.0 cm³/mol. The molecule has 1 aromatic carbocycles. The van der Waals surface area contributed by atoms with E-state index in [0.717, 1.165) is 16.5 Å². The van der Waals surface area contributed by atoms with E-state index in [-0.39, 0.29) is 17.4 Å². The van der Waals surface area contributed by atoms with E-state index in [1.165, 1.54) is 0 Å². The maximum atomic E-state index is 10.4. The van der Waals surface area contributed by atoms with Crippen LogP contribution in [0, 0.1) is 10.1 Å². The molecule has 1 rings (SSSR count). The van der Waals surface area contributed by atoms with Gasteiger partial charge in [-0.2, -0.15) is 0 Å². The second-order valence-corrected chi connectivity index (χ2v) is 4.09. The second-order valence-electron chi connectivity index (χ2n) is 3.17. The van der Waals surface area contributed by atoms with Crippen molar-refractivity contribution in [3.05, 3.63) is 44.4 Å². The van der Waals surface area contributed by atoms with E-state index in [1.807, 2.05) is 31.2 Å². The average Bonchev–Trinajstić information content (AvgIpc) is 2.15. The summed E-state index contributed by atoms with van der Waals surface area (Å²) in [6.45, 7) is 1.98. The largest absolute Gasteiger partial charge is 0.265 e. The smallest absolute Gasteiger partial charge is 0.210 e. The summed E-state index contributed by atoms with van der Waals surface area (Å²) in [4.78, 5) is 10.2. The van der Waals surface area contributed by atoms with Crippen molar-refractivity contribution in [3.8, 4) is 0 Å². The zero-order valence-electron chi connectivity index (χ0n) is 7.94. The third kappa shape index (κ3) is 3.10. The summed E-state index contributed by atoms with van der Waals surface area (Å²) >= 11 is 3.33. The maximum absolute atomic E-state index is 10.4. The topological polar surface area (TPSA) is 43.1 Å². The lowest BCUT2D eigenvalue weighted by Crippen LogP contribution is -2.11. The van der Waals surface area contributed by atoms with Gasteiger partial charge >= 0.3 is 0 Å². The number of rotatable bonds is 4. The summed E-state index contributed by atoms with van der Waals surface area (Å²) in [7, 11) is 0. The van der Waals surface area contributed by atoms with Crippen LogP contribution >= 0.6 is 15.9 Å². The molecule has 0 spiro atoms. The number of nitro groups is 1. The number of hydrogen-bond donors (Lipinski definition) is 0. The first kappa shape index (κ1) is 11.2. The Morgan fingerprint density at radius 3 is 2.43 bits per heavy atom. The number of benzene rings is 1. The molecule has 0 aliphatic heterocycles. The Bertz CT molecular complexity index is 310. The standard InChI is InChI=1S/C10H12BrNO2/c1-2-8(7-12(13)14)9-3-5-10(11)6-4-9/h3-6,8H,2,7H2,1H3. The molecule has 14 heavy (non-hydrogen) atoms. The van der Waals surface area contributed by atoms with Crippen LogP contribution in [0.4, 0.5) is 0 Å². The molecule has 0 N–H and O–H groups in total. The highest BCUT2D eigenvalue weighted by atomic mass is 79.9. The van der Waals surface area contributed by atoms with Gasteiger partial charge in [0.15, 0.2) is 0 Å². The number of nitrogens with zero attached hydrogens (tertiary/aromatic N) is 1. The SMILES string of the molecule is CCC(C[N+](=O)[O-])c1ccc(Br)cc1. The van der Waals surface area contributed by atoms with Crippen LogP contribution in [0.15, 0.2) is 28.7 Å². The molecule has 0 amide bonds. The van der Waals surface area contributed by atoms with Crippen LogP contribution in [0.25, 0.3) is 0 Å². The molecule has 0 radical (unpaired) electrons. The predicted octanol–water partition coefficient (Wildman–Crippen LogP) is 3.22. The third-order valence-corrected chi connectivity index (χ3v) is 2.73. The van der Waals surface area contributed by atoms with Crippen molar-refractivity contribution >= 4 is 15.9 Å². The van der Waals surface area contributed by atoms with Gasteiger partial charge in [-0.15, -0.1) is 0 Å². The fourth-order valence-electron chi connectivity index (χ4n) is 1.39. The van der Waals surface area contributed by atoms with E-state index >= 15 is 0 Å². The summed E-state index contributed by atoms with van der Waals surface area (Å²) in [5, 5.41) is 10.4. The van der Waals surface area contributed by atoms with E-state index in [4.69, 9.17) is 0 Å². The van der Waals surface area contributed by atoms with Gasteiger partial charge in [-0.05, 0) is 24.1 Å². The van der Waals surface area contributed by atoms with Gasteiger partial charge in [0.25, 0.3) is 0 Å². The number of halogens is 1. The van der Waals surface area contributed by atoms with E-state index in [1.54, 1.807) is 0 Å². The first-order valence-electron chi connectivity index (χ1n) is 4.50. The zero-order chi connectivity index (χ0) is 10.6. The summed E-state index contributed by atoms with van der Waals surface area (Å²) in [5.74, 6) is 0.0260. The van der Waals surface area contributed by atoms with Gasteiger partial charge in [-0.3, -0.25) is 10.1 Å². The van der Waals surface area contributed by atoms with E-state index < -0.39 is 0 Å². The number of hydrogen-bond acceptors (Lipinski definition) is 2. The maximum Gasteiger partial charge on any atom is 0.210 e. The quantitative estimate of drug-likeness (QED) is 0.614. The minimum absolute atomic E-state index is 0.0120. The van der Waals surface area contributed by atoms with Crippen LogP contribution in [0.5, 0.6) is 0 Å². The van der Waals surface area contributed by atoms with Crippen molar-refractivity contribution in [1.29, 1.82) is 0 Å². The Morgan fingerprint density at radius 1 is 1.43 bits per heavy atom. The van der Waals surface area contributed by atoms with Crippen molar-refractivity contribution in [2.75, 3.05) is 6.54 Å². The van der Waals surface area contributed by atoms with Gasteiger partial charge in [0, 0.05) is 15.3 Å². The highest BCUT2D eigenvalue weighted by molar-refractivity contribution is 9.10. The van der Waals surface area contributed by atoms with E-state index in [0.29, 0.717) is 0 Å². The van der Waals surface area contributed by atoms with Crippen LogP contribution in [0.2, 0.25) is 0 Å². The van der Waals surface area contributed by atoms with Crippen LogP contribution in [-0.4, -0.2) is 11.5 Å². The lowest BCUT2D eigenvalue weighted by molar-refractivity contribution is -0.483. The third-order valence-electron chi connectivity index (χ3n) is 2.20. The summed E-state index contributed by atoms with van der Waals surface area (Å²) in [5.41, 5.74) is 1.03. The Labute approximate surface area is 91.4 Å². The molecule has 0 heterocycles. The first-order valence-corrected chi connectivity index (χ1v) is 5.30. The highest BCUT2D eigenvalue weighted by Gasteiger charge is 2.14. The Balaban J connectivity index is 2.78. The summed E-state index contributed by atoms with van der Waals surface area (Å²) in [6, 6.07) is 7.69. The zero-order valence-corrected chi connectivity index (χ0v) is 9.53. The first-order chi connectivity index (χ1) is 6.63. The fourth-order valence-corrected chi connectivity index (χ4v) is 1.65. The molecule has 0 bridgehead atoms. The second kappa shape index (κ2) is 5.10. The minimum atomic E-state index is -0.254. The van der Waals surface area contributed by atoms with Crippen LogP contribution in [0.3, 0.4) is 0 Å². The highest BCUT2D eigenvalue weighted by Crippen LogP contribution is 2.21. The van der Waals surface area contributed by atoms with Crippen molar-refractivity contribution in [2.24, 2.45) is 0 Å². The van der Waals surface area contributed by atoms with Crippen molar-refractivity contribution in [3.63, 3.8) is 0 Å². The van der Waals surface area contributed by atoms with Crippen molar-refractivity contribution in [2.45, 2.75) is 19.3 Å². The molecular weight excluding hydrogens is 246 g/mol. The molecular formula is C10H12BrNO2. The van der Waals surface area contributed by atoms with Crippen molar-refractivity contribution < 1.29 is 4.92 Å². The lowest BCUT2D eigenvalue weighted by Gasteiger charge is -2.10. The molecule has 1 unspecified atom stereocenters. The molecule has 0 aromatic heterocycles. The normalized spacial score (nSPS) is 12.4. The van der Waals surface area contributed by atoms with Crippen LogP contribution < -0.4 is 0 Å². The van der Waals surface area contributed by atoms with Gasteiger partial charge in [0.2, 0.25) is 6.54 Å². The molecule has 0 aliphatic rings. The Kier molecular flexibility index (Phi) is 4.07. The van der Waals surface area contributed by atoms with Crippen molar-refractivity contribution in [1.82, 2.24) is 0 Å². The minimum Gasteiger partial charge on any atom is -0.265 e.